The van der Waals surface area contributed by atoms with Gasteiger partial charge < -0.3 is 10.1 Å². The molecule has 0 radical (unpaired) electrons. The molecule has 1 aliphatic rings. The van der Waals surface area contributed by atoms with Gasteiger partial charge in [0.25, 0.3) is 0 Å². The number of nitrogens with one attached hydrogen (secondary N) is 1. The molecule has 0 aliphatic carbocycles. The van der Waals surface area contributed by atoms with Gasteiger partial charge in [-0.05, 0) is 18.6 Å². The van der Waals surface area contributed by atoms with Crippen LogP contribution in [0.15, 0.2) is 16.6 Å². The predicted octanol–water partition coefficient (Wildman–Crippen LogP) is 2.66. The maximum absolute atomic E-state index is 13.5. The zero-order valence-electron chi connectivity index (χ0n) is 8.46. The maximum Gasteiger partial charge on any atom is 0.144 e. The van der Waals surface area contributed by atoms with Crippen LogP contribution in [0, 0.1) is 17.1 Å². The van der Waals surface area contributed by atoms with E-state index in [9.17, 15) is 4.39 Å². The van der Waals surface area contributed by atoms with Gasteiger partial charge in [0.15, 0.2) is 0 Å². The summed E-state index contributed by atoms with van der Waals surface area (Å²) < 4.78 is 19.3. The Labute approximate surface area is 101 Å². The highest BCUT2D eigenvalue weighted by atomic mass is 79.9. The van der Waals surface area contributed by atoms with Crippen molar-refractivity contribution in [2.45, 2.75) is 12.5 Å². The molecular weight excluding hydrogens is 275 g/mol. The molecular formula is C11H10BrFN2O. The summed E-state index contributed by atoms with van der Waals surface area (Å²) in [6.07, 6.45) is 0.874. The van der Waals surface area contributed by atoms with E-state index in [1.165, 1.54) is 6.07 Å². The summed E-state index contributed by atoms with van der Waals surface area (Å²) in [5.74, 6) is -0.515. The largest absolute Gasteiger partial charge is 0.379 e. The van der Waals surface area contributed by atoms with Crippen molar-refractivity contribution in [1.29, 1.82) is 5.26 Å². The molecule has 1 aliphatic heterocycles. The summed E-state index contributed by atoms with van der Waals surface area (Å²) in [5.41, 5.74) is 0.569. The van der Waals surface area contributed by atoms with E-state index < -0.39 is 5.82 Å². The second-order valence-electron chi connectivity index (χ2n) is 3.63. The van der Waals surface area contributed by atoms with E-state index in [2.05, 4.69) is 21.2 Å². The number of hydrogen-bond donors (Lipinski definition) is 1. The number of halogens is 2. The SMILES string of the molecule is N#Cc1c(F)cc(Br)cc1NC1CCOC1. The Balaban J connectivity index is 2.28. The van der Waals surface area contributed by atoms with E-state index in [-0.39, 0.29) is 11.6 Å². The zero-order valence-corrected chi connectivity index (χ0v) is 10.1. The Morgan fingerprint density at radius 2 is 2.38 bits per heavy atom. The minimum Gasteiger partial charge on any atom is -0.379 e. The molecule has 5 heteroatoms. The summed E-state index contributed by atoms with van der Waals surface area (Å²) in [6, 6.07) is 5.01. The molecule has 1 atom stereocenters. The molecule has 0 amide bonds. The highest BCUT2D eigenvalue weighted by Crippen LogP contribution is 2.25. The second kappa shape index (κ2) is 4.81. The average Bonchev–Trinajstić information content (AvgIpc) is 2.70. The number of hydrogen-bond acceptors (Lipinski definition) is 3. The number of nitriles is 1. The molecule has 0 saturated carbocycles. The van der Waals surface area contributed by atoms with Crippen molar-refractivity contribution in [3.63, 3.8) is 0 Å². The van der Waals surface area contributed by atoms with Gasteiger partial charge in [-0.2, -0.15) is 5.26 Å². The Kier molecular flexibility index (Phi) is 3.42. The summed E-state index contributed by atoms with van der Waals surface area (Å²) in [6.45, 7) is 1.30. The third-order valence-corrected chi connectivity index (χ3v) is 2.91. The van der Waals surface area contributed by atoms with E-state index in [0.717, 1.165) is 6.42 Å². The van der Waals surface area contributed by atoms with Gasteiger partial charge in [0.1, 0.15) is 17.4 Å². The summed E-state index contributed by atoms with van der Waals surface area (Å²) in [7, 11) is 0. The summed E-state index contributed by atoms with van der Waals surface area (Å²) >= 11 is 3.21. The first kappa shape index (κ1) is 11.4. The number of ether oxygens (including phenoxy) is 1. The first-order chi connectivity index (χ1) is 7.70. The van der Waals surface area contributed by atoms with E-state index in [1.807, 2.05) is 6.07 Å². The maximum atomic E-state index is 13.5. The van der Waals surface area contributed by atoms with Crippen molar-refractivity contribution in [2.75, 3.05) is 18.5 Å². The molecule has 0 spiro atoms. The van der Waals surface area contributed by atoms with Gasteiger partial charge in [-0.25, -0.2) is 4.39 Å². The molecule has 0 bridgehead atoms. The van der Waals surface area contributed by atoms with Gasteiger partial charge in [0.2, 0.25) is 0 Å². The molecule has 16 heavy (non-hydrogen) atoms. The first-order valence-corrected chi connectivity index (χ1v) is 5.73. The monoisotopic (exact) mass is 284 g/mol. The fraction of sp³-hybridized carbons (Fsp3) is 0.364. The normalized spacial score (nSPS) is 19.4. The topological polar surface area (TPSA) is 45.0 Å². The Bertz CT molecular complexity index is 438. The van der Waals surface area contributed by atoms with Crippen LogP contribution in [0.1, 0.15) is 12.0 Å². The average molecular weight is 285 g/mol. The molecule has 0 aromatic heterocycles. The van der Waals surface area contributed by atoms with Crippen LogP contribution in [0.2, 0.25) is 0 Å². The summed E-state index contributed by atoms with van der Waals surface area (Å²) in [4.78, 5) is 0. The van der Waals surface area contributed by atoms with Gasteiger partial charge in [0, 0.05) is 11.1 Å². The molecule has 3 nitrogen and oxygen atoms in total. The van der Waals surface area contributed by atoms with Crippen molar-refractivity contribution in [3.05, 3.63) is 28.0 Å². The fourth-order valence-electron chi connectivity index (χ4n) is 1.67. The van der Waals surface area contributed by atoms with Gasteiger partial charge >= 0.3 is 0 Å². The van der Waals surface area contributed by atoms with Crippen LogP contribution in [0.3, 0.4) is 0 Å². The van der Waals surface area contributed by atoms with Crippen molar-refractivity contribution in [2.24, 2.45) is 0 Å². The first-order valence-electron chi connectivity index (χ1n) is 4.94. The molecule has 1 saturated heterocycles. The quantitative estimate of drug-likeness (QED) is 0.908. The van der Waals surface area contributed by atoms with Crippen molar-refractivity contribution < 1.29 is 9.13 Å². The molecule has 1 heterocycles. The van der Waals surface area contributed by atoms with Crippen molar-refractivity contribution in [3.8, 4) is 6.07 Å². The molecule has 1 aromatic rings. The predicted molar refractivity (Wildman–Crippen MR) is 61.7 cm³/mol. The Hall–Kier alpha value is -1.12. The number of rotatable bonds is 2. The minimum atomic E-state index is -0.515. The lowest BCUT2D eigenvalue weighted by Gasteiger charge is -2.14. The van der Waals surface area contributed by atoms with Crippen molar-refractivity contribution in [1.82, 2.24) is 0 Å². The smallest absolute Gasteiger partial charge is 0.144 e. The highest BCUT2D eigenvalue weighted by molar-refractivity contribution is 9.10. The second-order valence-corrected chi connectivity index (χ2v) is 4.54. The van der Waals surface area contributed by atoms with E-state index in [0.29, 0.717) is 23.4 Å². The molecule has 1 N–H and O–H groups in total. The standard InChI is InChI=1S/C11H10BrFN2O/c12-7-3-10(13)9(5-14)11(4-7)15-8-1-2-16-6-8/h3-4,8,15H,1-2,6H2. The van der Waals surface area contributed by atoms with Crippen LogP contribution in [-0.4, -0.2) is 19.3 Å². The molecule has 1 unspecified atom stereocenters. The molecule has 1 aromatic carbocycles. The van der Waals surface area contributed by atoms with E-state index >= 15 is 0 Å². The van der Waals surface area contributed by atoms with Crippen molar-refractivity contribution >= 4 is 21.6 Å². The number of nitrogens with zero attached hydrogens (tertiary/aromatic N) is 1. The van der Waals surface area contributed by atoms with Crippen LogP contribution in [0.4, 0.5) is 10.1 Å². The summed E-state index contributed by atoms with van der Waals surface area (Å²) in [5, 5.41) is 12.0. The lowest BCUT2D eigenvalue weighted by atomic mass is 10.1. The minimum absolute atomic E-state index is 0.0510. The van der Waals surface area contributed by atoms with Gasteiger partial charge in [-0.3, -0.25) is 0 Å². The third-order valence-electron chi connectivity index (χ3n) is 2.46. The molecule has 2 rings (SSSR count). The van der Waals surface area contributed by atoms with Gasteiger partial charge in [0.05, 0.1) is 18.3 Å². The van der Waals surface area contributed by atoms with Crippen LogP contribution in [0.5, 0.6) is 0 Å². The number of benzene rings is 1. The van der Waals surface area contributed by atoms with E-state index in [1.54, 1.807) is 6.07 Å². The van der Waals surface area contributed by atoms with Crippen LogP contribution in [-0.2, 0) is 4.74 Å². The molecule has 1 fully saturated rings. The van der Waals surface area contributed by atoms with E-state index in [4.69, 9.17) is 10.00 Å². The van der Waals surface area contributed by atoms with Gasteiger partial charge in [-0.1, -0.05) is 15.9 Å². The van der Waals surface area contributed by atoms with Crippen LogP contribution >= 0.6 is 15.9 Å². The lowest BCUT2D eigenvalue weighted by Crippen LogP contribution is -2.19. The Morgan fingerprint density at radius 3 is 3.00 bits per heavy atom. The zero-order chi connectivity index (χ0) is 11.5. The highest BCUT2D eigenvalue weighted by Gasteiger charge is 2.18. The van der Waals surface area contributed by atoms with Crippen LogP contribution in [0.25, 0.3) is 0 Å². The third kappa shape index (κ3) is 2.34. The number of anilines is 1. The lowest BCUT2D eigenvalue weighted by molar-refractivity contribution is 0.195. The fourth-order valence-corrected chi connectivity index (χ4v) is 2.10. The van der Waals surface area contributed by atoms with Crippen LogP contribution < -0.4 is 5.32 Å². The Morgan fingerprint density at radius 1 is 1.56 bits per heavy atom. The molecule has 84 valence electrons. The van der Waals surface area contributed by atoms with Gasteiger partial charge in [-0.15, -0.1) is 0 Å².